The number of hydrogen-bond donors (Lipinski definition) is 2. The highest BCUT2D eigenvalue weighted by molar-refractivity contribution is 5.82. The van der Waals surface area contributed by atoms with Gasteiger partial charge in [-0.1, -0.05) is 49.1 Å². The van der Waals surface area contributed by atoms with E-state index in [0.717, 1.165) is 29.9 Å². The smallest absolute Gasteiger partial charge is 0.335 e. The van der Waals surface area contributed by atoms with E-state index in [1.165, 1.54) is 24.8 Å². The third kappa shape index (κ3) is 7.49. The lowest BCUT2D eigenvalue weighted by Gasteiger charge is -2.22. The van der Waals surface area contributed by atoms with Crippen LogP contribution in [0.3, 0.4) is 0 Å². The highest BCUT2D eigenvalue weighted by Crippen LogP contribution is 2.17. The van der Waals surface area contributed by atoms with Crippen molar-refractivity contribution in [3.63, 3.8) is 0 Å². The summed E-state index contributed by atoms with van der Waals surface area (Å²) in [6.45, 7) is 2.95. The van der Waals surface area contributed by atoms with Gasteiger partial charge in [0.25, 0.3) is 0 Å². The zero-order chi connectivity index (χ0) is 20.3. The molecule has 0 heterocycles. The molecule has 2 aromatic rings. The van der Waals surface area contributed by atoms with Crippen molar-refractivity contribution < 1.29 is 14.3 Å². The molecule has 6 heteroatoms. The van der Waals surface area contributed by atoms with Crippen LogP contribution in [-0.2, 0) is 0 Å². The summed E-state index contributed by atoms with van der Waals surface area (Å²) in [6.07, 6.45) is 7.31. The third-order valence-corrected chi connectivity index (χ3v) is 4.82. The van der Waals surface area contributed by atoms with Crippen molar-refractivity contribution in [3.05, 3.63) is 59.7 Å². The number of aryl methyl sites for hydroxylation is 1. The molecule has 1 aliphatic carbocycles. The number of carbonyl (C=O) groups is 1. The Morgan fingerprint density at radius 1 is 1.03 bits per heavy atom. The quantitative estimate of drug-likeness (QED) is 0.395. The van der Waals surface area contributed by atoms with Crippen LogP contribution in [0.15, 0.2) is 53.6 Å². The summed E-state index contributed by atoms with van der Waals surface area (Å²) in [7, 11) is 0. The molecule has 1 saturated carbocycles. The van der Waals surface area contributed by atoms with Gasteiger partial charge in [0.05, 0.1) is 6.21 Å². The van der Waals surface area contributed by atoms with E-state index in [1.54, 1.807) is 6.21 Å². The van der Waals surface area contributed by atoms with Crippen LogP contribution in [-0.4, -0.2) is 31.5 Å². The molecule has 0 spiro atoms. The van der Waals surface area contributed by atoms with E-state index in [1.807, 2.05) is 55.5 Å². The van der Waals surface area contributed by atoms with Crippen molar-refractivity contribution in [2.24, 2.45) is 5.10 Å². The minimum absolute atomic E-state index is 0.256. The van der Waals surface area contributed by atoms with Crippen molar-refractivity contribution in [2.45, 2.75) is 45.1 Å². The van der Waals surface area contributed by atoms with Crippen LogP contribution in [0, 0.1) is 6.92 Å². The molecule has 0 atom stereocenters. The van der Waals surface area contributed by atoms with E-state index in [0.29, 0.717) is 13.2 Å². The molecule has 0 radical (unpaired) electrons. The maximum absolute atomic E-state index is 11.9. The molecule has 29 heavy (non-hydrogen) atoms. The minimum atomic E-state index is -0.256. The first-order valence-electron chi connectivity index (χ1n) is 10.2. The molecule has 1 fully saturated rings. The Bertz CT molecular complexity index is 799. The Kier molecular flexibility index (Phi) is 7.92. The van der Waals surface area contributed by atoms with Gasteiger partial charge < -0.3 is 14.8 Å². The first kappa shape index (κ1) is 20.7. The largest absolute Gasteiger partial charge is 0.490 e. The second kappa shape index (κ2) is 11.1. The van der Waals surface area contributed by atoms with Crippen LogP contribution in [0.5, 0.6) is 11.5 Å². The number of amides is 2. The lowest BCUT2D eigenvalue weighted by molar-refractivity contribution is 0.217. The van der Waals surface area contributed by atoms with Crippen molar-refractivity contribution >= 4 is 12.2 Å². The van der Waals surface area contributed by atoms with Gasteiger partial charge in [0.15, 0.2) is 0 Å². The van der Waals surface area contributed by atoms with Gasteiger partial charge in [-0.2, -0.15) is 5.10 Å². The van der Waals surface area contributed by atoms with Crippen LogP contribution < -0.4 is 20.2 Å². The van der Waals surface area contributed by atoms with Crippen molar-refractivity contribution in [3.8, 4) is 11.5 Å². The SMILES string of the molecule is Cc1ccc(OCCOc2cccc(C=NNC(=O)NC3CCCCC3)c2)cc1. The van der Waals surface area contributed by atoms with Gasteiger partial charge in [-0.15, -0.1) is 0 Å². The highest BCUT2D eigenvalue weighted by atomic mass is 16.5. The van der Waals surface area contributed by atoms with Crippen LogP contribution in [0.4, 0.5) is 4.79 Å². The lowest BCUT2D eigenvalue weighted by Crippen LogP contribution is -2.41. The minimum Gasteiger partial charge on any atom is -0.490 e. The standard InChI is InChI=1S/C23H29N3O3/c1-18-10-12-21(13-11-18)28-14-15-29-22-9-5-6-19(16-22)17-24-26-23(27)25-20-7-3-2-4-8-20/h5-6,9-13,16-17,20H,2-4,7-8,14-15H2,1H3,(H2,25,26,27). The van der Waals surface area contributed by atoms with Gasteiger partial charge in [-0.3, -0.25) is 0 Å². The Labute approximate surface area is 172 Å². The number of urea groups is 1. The van der Waals surface area contributed by atoms with Crippen LogP contribution in [0.2, 0.25) is 0 Å². The predicted molar refractivity (Wildman–Crippen MR) is 115 cm³/mol. The average molecular weight is 396 g/mol. The predicted octanol–water partition coefficient (Wildman–Crippen LogP) is 4.42. The van der Waals surface area contributed by atoms with E-state index < -0.39 is 0 Å². The van der Waals surface area contributed by atoms with E-state index >= 15 is 0 Å². The van der Waals surface area contributed by atoms with Gasteiger partial charge in [0, 0.05) is 6.04 Å². The second-order valence-corrected chi connectivity index (χ2v) is 7.26. The van der Waals surface area contributed by atoms with Crippen LogP contribution in [0.25, 0.3) is 0 Å². The van der Waals surface area contributed by atoms with Crippen molar-refractivity contribution in [1.29, 1.82) is 0 Å². The van der Waals surface area contributed by atoms with E-state index in [4.69, 9.17) is 9.47 Å². The van der Waals surface area contributed by atoms with Crippen molar-refractivity contribution in [2.75, 3.05) is 13.2 Å². The second-order valence-electron chi connectivity index (χ2n) is 7.26. The van der Waals surface area contributed by atoms with Gasteiger partial charge in [0.2, 0.25) is 0 Å². The van der Waals surface area contributed by atoms with Crippen LogP contribution >= 0.6 is 0 Å². The monoisotopic (exact) mass is 395 g/mol. The number of hydrazone groups is 1. The number of ether oxygens (including phenoxy) is 2. The number of hydrogen-bond acceptors (Lipinski definition) is 4. The summed E-state index contributed by atoms with van der Waals surface area (Å²) >= 11 is 0. The zero-order valence-electron chi connectivity index (χ0n) is 16.9. The summed E-state index contributed by atoms with van der Waals surface area (Å²) in [6, 6.07) is 15.5. The van der Waals surface area contributed by atoms with Gasteiger partial charge in [0.1, 0.15) is 24.7 Å². The van der Waals surface area contributed by atoms with E-state index in [-0.39, 0.29) is 12.1 Å². The fourth-order valence-corrected chi connectivity index (χ4v) is 3.27. The topological polar surface area (TPSA) is 72.0 Å². The molecule has 0 aliphatic heterocycles. The number of benzene rings is 2. The third-order valence-electron chi connectivity index (χ3n) is 4.82. The van der Waals surface area contributed by atoms with Crippen molar-refractivity contribution in [1.82, 2.24) is 10.7 Å². The lowest BCUT2D eigenvalue weighted by atomic mass is 9.96. The maximum atomic E-state index is 11.9. The fraction of sp³-hybridized carbons (Fsp3) is 0.391. The molecule has 2 amide bonds. The Morgan fingerprint density at radius 3 is 2.52 bits per heavy atom. The molecule has 0 aromatic heterocycles. The highest BCUT2D eigenvalue weighted by Gasteiger charge is 2.14. The molecule has 1 aliphatic rings. The fourth-order valence-electron chi connectivity index (χ4n) is 3.27. The van der Waals surface area contributed by atoms with Gasteiger partial charge in [-0.25, -0.2) is 10.2 Å². The number of rotatable bonds is 8. The number of carbonyl (C=O) groups excluding carboxylic acids is 1. The molecule has 2 aromatic carbocycles. The Balaban J connectivity index is 1.38. The molecule has 6 nitrogen and oxygen atoms in total. The molecule has 0 bridgehead atoms. The first-order chi connectivity index (χ1) is 14.2. The summed E-state index contributed by atoms with van der Waals surface area (Å²) < 4.78 is 11.4. The summed E-state index contributed by atoms with van der Waals surface area (Å²) in [5, 5.41) is 6.99. The summed E-state index contributed by atoms with van der Waals surface area (Å²) in [4.78, 5) is 11.9. The molecule has 154 valence electrons. The maximum Gasteiger partial charge on any atom is 0.335 e. The Morgan fingerprint density at radius 2 is 1.76 bits per heavy atom. The van der Waals surface area contributed by atoms with E-state index in [2.05, 4.69) is 15.8 Å². The average Bonchev–Trinajstić information content (AvgIpc) is 2.73. The normalized spacial score (nSPS) is 14.5. The summed E-state index contributed by atoms with van der Waals surface area (Å²) in [5.74, 6) is 1.56. The summed E-state index contributed by atoms with van der Waals surface area (Å²) in [5.41, 5.74) is 4.58. The zero-order valence-corrected chi connectivity index (χ0v) is 16.9. The molecule has 3 rings (SSSR count). The van der Waals surface area contributed by atoms with E-state index in [9.17, 15) is 4.79 Å². The molecule has 0 unspecified atom stereocenters. The molecule has 0 saturated heterocycles. The number of nitrogens with zero attached hydrogens (tertiary/aromatic N) is 1. The van der Waals surface area contributed by atoms with Gasteiger partial charge in [-0.05, 0) is 49.6 Å². The first-order valence-corrected chi connectivity index (χ1v) is 10.2. The number of nitrogens with one attached hydrogen (secondary N) is 2. The Hall–Kier alpha value is -3.02. The van der Waals surface area contributed by atoms with Gasteiger partial charge >= 0.3 is 6.03 Å². The van der Waals surface area contributed by atoms with Crippen LogP contribution in [0.1, 0.15) is 43.2 Å². The molecule has 2 N–H and O–H groups in total. The molecular weight excluding hydrogens is 366 g/mol. The molecular formula is C23H29N3O3.